The lowest BCUT2D eigenvalue weighted by Crippen LogP contribution is -2.27. The van der Waals surface area contributed by atoms with Crippen molar-refractivity contribution in [3.8, 4) is 0 Å². The van der Waals surface area contributed by atoms with Gasteiger partial charge in [0.1, 0.15) is 6.61 Å². The number of rotatable bonds is 10. The monoisotopic (exact) mass is 459 g/mol. The molecule has 0 bridgehead atoms. The van der Waals surface area contributed by atoms with E-state index in [1.807, 2.05) is 19.1 Å². The molecule has 0 aromatic rings. The lowest BCUT2D eigenvalue weighted by molar-refractivity contribution is -0.138. The van der Waals surface area contributed by atoms with Gasteiger partial charge in [0, 0.05) is 19.5 Å². The molecule has 0 spiro atoms. The Morgan fingerprint density at radius 1 is 1.09 bits per heavy atom. The molecule has 0 amide bonds. The highest BCUT2D eigenvalue weighted by molar-refractivity contribution is 5.83. The molecule has 0 heterocycles. The van der Waals surface area contributed by atoms with Crippen LogP contribution in [0.1, 0.15) is 74.7 Å². The zero-order valence-electron chi connectivity index (χ0n) is 22.0. The van der Waals surface area contributed by atoms with Crippen molar-refractivity contribution in [1.29, 1.82) is 0 Å². The van der Waals surface area contributed by atoms with E-state index in [2.05, 4.69) is 64.7 Å². The maximum Gasteiger partial charge on any atom is 0.331 e. The fraction of sp³-hybridized carbons (Fsp3) is 0.571. The molecule has 186 valence electrons. The number of likely N-dealkylation sites (N-methyl/N-ethyl adjacent to an activating group) is 1. The number of ether oxygens (including phenoxy) is 1. The SMILES string of the molecule is CC(=O)O.CCN(CC)CCOC(=O)/C=C(C)/C=C/C=C(C)/C=C/C1=C(C)CCCC1(C)C. The molecule has 0 unspecified atom stereocenters. The van der Waals surface area contributed by atoms with Gasteiger partial charge < -0.3 is 14.7 Å². The summed E-state index contributed by atoms with van der Waals surface area (Å²) in [5, 5.41) is 7.42. The molecular formula is C28H45NO4. The molecule has 0 saturated heterocycles. The number of hydrogen-bond donors (Lipinski definition) is 1. The van der Waals surface area contributed by atoms with Crippen LogP contribution in [0.5, 0.6) is 0 Å². The Morgan fingerprint density at radius 2 is 1.70 bits per heavy atom. The molecule has 0 aromatic heterocycles. The summed E-state index contributed by atoms with van der Waals surface area (Å²) < 4.78 is 5.29. The van der Waals surface area contributed by atoms with Gasteiger partial charge in [0.05, 0.1) is 0 Å². The number of carboxylic acids is 1. The third-order valence-corrected chi connectivity index (χ3v) is 5.67. The lowest BCUT2D eigenvalue weighted by Gasteiger charge is -2.32. The predicted molar refractivity (Wildman–Crippen MR) is 138 cm³/mol. The van der Waals surface area contributed by atoms with Gasteiger partial charge in [-0.2, -0.15) is 0 Å². The second-order valence-electron chi connectivity index (χ2n) is 9.14. The number of carbonyl (C=O) groups excluding carboxylic acids is 1. The zero-order chi connectivity index (χ0) is 25.4. The molecular weight excluding hydrogens is 414 g/mol. The van der Waals surface area contributed by atoms with Crippen LogP contribution in [0.4, 0.5) is 0 Å². The van der Waals surface area contributed by atoms with Crippen LogP contribution in [0.2, 0.25) is 0 Å². The zero-order valence-corrected chi connectivity index (χ0v) is 22.0. The largest absolute Gasteiger partial charge is 0.481 e. The quantitative estimate of drug-likeness (QED) is 0.230. The van der Waals surface area contributed by atoms with E-state index in [1.54, 1.807) is 6.08 Å². The minimum absolute atomic E-state index is 0.264. The van der Waals surface area contributed by atoms with Gasteiger partial charge in [-0.25, -0.2) is 4.79 Å². The molecule has 1 aliphatic carbocycles. The first kappa shape index (κ1) is 30.6. The van der Waals surface area contributed by atoms with E-state index in [0.717, 1.165) is 32.1 Å². The number of hydrogen-bond acceptors (Lipinski definition) is 4. The molecule has 33 heavy (non-hydrogen) atoms. The number of carbonyl (C=O) groups is 2. The third kappa shape index (κ3) is 14.4. The van der Waals surface area contributed by atoms with Crippen LogP contribution in [-0.2, 0) is 14.3 Å². The third-order valence-electron chi connectivity index (χ3n) is 5.67. The first-order chi connectivity index (χ1) is 15.4. The van der Waals surface area contributed by atoms with Gasteiger partial charge in [0.25, 0.3) is 5.97 Å². The Bertz CT molecular complexity index is 774. The first-order valence-corrected chi connectivity index (χ1v) is 11.9. The number of nitrogens with zero attached hydrogens (tertiary/aromatic N) is 1. The number of carboxylic acid groups (broad SMARTS) is 1. The van der Waals surface area contributed by atoms with Crippen molar-refractivity contribution in [3.63, 3.8) is 0 Å². The number of aliphatic carboxylic acids is 1. The van der Waals surface area contributed by atoms with Crippen molar-refractivity contribution < 1.29 is 19.4 Å². The van der Waals surface area contributed by atoms with Crippen molar-refractivity contribution in [3.05, 3.63) is 58.7 Å². The van der Waals surface area contributed by atoms with Crippen molar-refractivity contribution >= 4 is 11.9 Å². The van der Waals surface area contributed by atoms with E-state index in [1.165, 1.54) is 36.0 Å². The molecule has 0 radical (unpaired) electrons. The van der Waals surface area contributed by atoms with E-state index in [9.17, 15) is 4.79 Å². The number of esters is 1. The van der Waals surface area contributed by atoms with Crippen LogP contribution in [0.15, 0.2) is 58.7 Å². The minimum Gasteiger partial charge on any atom is -0.481 e. The van der Waals surface area contributed by atoms with Crippen LogP contribution in [0.3, 0.4) is 0 Å². The summed E-state index contributed by atoms with van der Waals surface area (Å²) >= 11 is 0. The fourth-order valence-corrected chi connectivity index (χ4v) is 3.72. The average Bonchev–Trinajstić information content (AvgIpc) is 2.70. The molecule has 0 saturated carbocycles. The van der Waals surface area contributed by atoms with Crippen molar-refractivity contribution in [2.24, 2.45) is 5.41 Å². The van der Waals surface area contributed by atoms with Crippen LogP contribution in [0.25, 0.3) is 0 Å². The summed E-state index contributed by atoms with van der Waals surface area (Å²) in [5.41, 5.74) is 5.33. The van der Waals surface area contributed by atoms with Gasteiger partial charge in [-0.15, -0.1) is 0 Å². The maximum atomic E-state index is 11.9. The van der Waals surface area contributed by atoms with Crippen LogP contribution >= 0.6 is 0 Å². The second-order valence-corrected chi connectivity index (χ2v) is 9.14. The second kappa shape index (κ2) is 16.2. The van der Waals surface area contributed by atoms with E-state index in [4.69, 9.17) is 14.6 Å². The Labute approximate surface area is 201 Å². The van der Waals surface area contributed by atoms with E-state index < -0.39 is 5.97 Å². The highest BCUT2D eigenvalue weighted by atomic mass is 16.5. The van der Waals surface area contributed by atoms with Gasteiger partial charge in [-0.05, 0) is 69.7 Å². The smallest absolute Gasteiger partial charge is 0.331 e. The van der Waals surface area contributed by atoms with Gasteiger partial charge in [-0.3, -0.25) is 4.79 Å². The Kier molecular flexibility index (Phi) is 15.1. The average molecular weight is 460 g/mol. The predicted octanol–water partition coefficient (Wildman–Crippen LogP) is 6.49. The van der Waals surface area contributed by atoms with Crippen molar-refractivity contribution in [2.45, 2.75) is 74.7 Å². The summed E-state index contributed by atoms with van der Waals surface area (Å²) in [6, 6.07) is 0. The summed E-state index contributed by atoms with van der Waals surface area (Å²) in [6.07, 6.45) is 15.8. The van der Waals surface area contributed by atoms with Crippen molar-refractivity contribution in [2.75, 3.05) is 26.2 Å². The van der Waals surface area contributed by atoms with Gasteiger partial charge >= 0.3 is 5.97 Å². The molecule has 5 heteroatoms. The maximum absolute atomic E-state index is 11.9. The van der Waals surface area contributed by atoms with Gasteiger partial charge in [0.2, 0.25) is 0 Å². The van der Waals surface area contributed by atoms with Crippen molar-refractivity contribution in [1.82, 2.24) is 4.90 Å². The molecule has 0 fully saturated rings. The highest BCUT2D eigenvalue weighted by Gasteiger charge is 2.26. The minimum atomic E-state index is -0.833. The Hall–Kier alpha value is -2.40. The highest BCUT2D eigenvalue weighted by Crippen LogP contribution is 2.40. The fourth-order valence-electron chi connectivity index (χ4n) is 3.72. The first-order valence-electron chi connectivity index (χ1n) is 11.9. The summed E-state index contributed by atoms with van der Waals surface area (Å²) in [6.45, 7) is 19.4. The molecule has 1 rings (SSSR count). The van der Waals surface area contributed by atoms with E-state index in [0.29, 0.717) is 6.61 Å². The van der Waals surface area contributed by atoms with Crippen LogP contribution in [-0.4, -0.2) is 48.2 Å². The standard InChI is InChI=1S/C26H41NO2.C2H4O2/c1-8-27(9-2)18-19-29-25(28)20-22(4)13-10-12-21(3)15-16-24-23(5)14-11-17-26(24,6)7;1-2(3)4/h10,12-13,15-16,20H,8-9,11,14,17-19H2,1-7H3;1H3,(H,3,4)/b13-10+,16-15+,21-12+,22-20+;. The molecule has 0 aliphatic heterocycles. The summed E-state index contributed by atoms with van der Waals surface area (Å²) in [4.78, 5) is 23.1. The van der Waals surface area contributed by atoms with E-state index in [-0.39, 0.29) is 11.4 Å². The lowest BCUT2D eigenvalue weighted by atomic mass is 9.72. The molecule has 1 aliphatic rings. The number of allylic oxidation sites excluding steroid dienone is 9. The Morgan fingerprint density at radius 3 is 2.24 bits per heavy atom. The molecule has 1 N–H and O–H groups in total. The van der Waals surface area contributed by atoms with E-state index >= 15 is 0 Å². The molecule has 5 nitrogen and oxygen atoms in total. The molecule has 0 aromatic carbocycles. The van der Waals surface area contributed by atoms with Gasteiger partial charge in [-0.1, -0.05) is 69.2 Å². The topological polar surface area (TPSA) is 66.8 Å². The molecule has 0 atom stereocenters. The van der Waals surface area contributed by atoms with Crippen LogP contribution in [0, 0.1) is 5.41 Å². The summed E-state index contributed by atoms with van der Waals surface area (Å²) in [7, 11) is 0. The van der Waals surface area contributed by atoms with Gasteiger partial charge in [0.15, 0.2) is 0 Å². The Balaban J connectivity index is 0.00000235. The van der Waals surface area contributed by atoms with Crippen LogP contribution < -0.4 is 0 Å². The normalized spacial score (nSPS) is 16.9. The summed E-state index contributed by atoms with van der Waals surface area (Å²) in [5.74, 6) is -1.11.